The lowest BCUT2D eigenvalue weighted by atomic mass is 10.1. The fraction of sp³-hybridized carbons (Fsp3) is 0.0769. The number of hydrogen-bond acceptors (Lipinski definition) is 4. The molecule has 1 aromatic heterocycles. The SMILES string of the molecule is [B]c1nnc(C)n1/N=C1\C(=C)c2ccccc2C1=O. The van der Waals surface area contributed by atoms with Gasteiger partial charge in [0, 0.05) is 11.1 Å². The topological polar surface area (TPSA) is 60.1 Å². The largest absolute Gasteiger partial charge is 0.287 e. The van der Waals surface area contributed by atoms with Crippen LogP contribution in [-0.2, 0) is 0 Å². The van der Waals surface area contributed by atoms with E-state index in [4.69, 9.17) is 7.85 Å². The van der Waals surface area contributed by atoms with Crippen molar-refractivity contribution in [1.82, 2.24) is 14.9 Å². The van der Waals surface area contributed by atoms with E-state index < -0.39 is 0 Å². The van der Waals surface area contributed by atoms with Crippen LogP contribution in [0, 0.1) is 6.92 Å². The summed E-state index contributed by atoms with van der Waals surface area (Å²) in [5.74, 6) is 0.356. The molecule has 5 nitrogen and oxygen atoms in total. The highest BCUT2D eigenvalue weighted by atomic mass is 16.1. The van der Waals surface area contributed by atoms with Gasteiger partial charge in [-0.1, -0.05) is 30.8 Å². The smallest absolute Gasteiger partial charge is 0.214 e. The molecule has 0 N–H and O–H groups in total. The Kier molecular flexibility index (Phi) is 2.45. The highest BCUT2D eigenvalue weighted by Crippen LogP contribution is 2.28. The van der Waals surface area contributed by atoms with Crippen LogP contribution in [0.15, 0.2) is 35.9 Å². The lowest BCUT2D eigenvalue weighted by molar-refractivity contribution is 0.106. The van der Waals surface area contributed by atoms with Crippen molar-refractivity contribution in [3.05, 3.63) is 47.8 Å². The first kappa shape index (κ1) is 11.6. The van der Waals surface area contributed by atoms with E-state index in [2.05, 4.69) is 21.9 Å². The molecule has 90 valence electrons. The van der Waals surface area contributed by atoms with Crippen LogP contribution in [0.25, 0.3) is 5.57 Å². The molecule has 0 saturated carbocycles. The number of hydrogen-bond donors (Lipinski definition) is 0. The molecule has 2 aromatic rings. The summed E-state index contributed by atoms with van der Waals surface area (Å²) in [6, 6.07) is 7.28. The summed E-state index contributed by atoms with van der Waals surface area (Å²) in [5.41, 5.74) is 2.41. The van der Waals surface area contributed by atoms with Crippen LogP contribution in [0.3, 0.4) is 0 Å². The molecule has 3 rings (SSSR count). The van der Waals surface area contributed by atoms with E-state index in [0.29, 0.717) is 17.0 Å². The zero-order chi connectivity index (χ0) is 13.6. The number of aryl methyl sites for hydroxylation is 1. The lowest BCUT2D eigenvalue weighted by Crippen LogP contribution is -2.20. The number of allylic oxidation sites excluding steroid dienone is 1. The van der Waals surface area contributed by atoms with Gasteiger partial charge in [0.05, 0.1) is 5.72 Å². The third-order valence-electron chi connectivity index (χ3n) is 3.02. The first-order valence-electron chi connectivity index (χ1n) is 5.69. The highest BCUT2D eigenvalue weighted by molar-refractivity contribution is 6.64. The van der Waals surface area contributed by atoms with Crippen molar-refractivity contribution in [3.8, 4) is 0 Å². The molecule has 1 aromatic carbocycles. The van der Waals surface area contributed by atoms with Crippen molar-refractivity contribution in [2.45, 2.75) is 6.92 Å². The first-order chi connectivity index (χ1) is 9.09. The summed E-state index contributed by atoms with van der Waals surface area (Å²) >= 11 is 0. The maximum absolute atomic E-state index is 12.3. The van der Waals surface area contributed by atoms with Crippen molar-refractivity contribution in [2.75, 3.05) is 0 Å². The molecule has 0 fully saturated rings. The molecule has 0 spiro atoms. The Balaban J connectivity index is 2.15. The second-order valence-corrected chi connectivity index (χ2v) is 4.22. The molecule has 1 aliphatic rings. The standard InChI is InChI=1S/C13H9BN4O/c1-7-9-5-3-4-6-10(9)12(19)11(7)17-18-8(2)15-16-13(18)14/h3-6H,1H2,2H3/b17-11+. The highest BCUT2D eigenvalue weighted by Gasteiger charge is 2.30. The van der Waals surface area contributed by atoms with Gasteiger partial charge in [0.1, 0.15) is 11.5 Å². The minimum absolute atomic E-state index is 0.140. The number of rotatable bonds is 1. The van der Waals surface area contributed by atoms with Crippen LogP contribution in [0.1, 0.15) is 21.7 Å². The van der Waals surface area contributed by atoms with Gasteiger partial charge >= 0.3 is 0 Å². The zero-order valence-electron chi connectivity index (χ0n) is 10.3. The second kappa shape index (κ2) is 4.01. The molecule has 1 heterocycles. The van der Waals surface area contributed by atoms with Gasteiger partial charge in [0.2, 0.25) is 5.78 Å². The molecular weight excluding hydrogens is 239 g/mol. The van der Waals surface area contributed by atoms with Gasteiger partial charge in [-0.15, -0.1) is 10.2 Å². The van der Waals surface area contributed by atoms with Crippen molar-refractivity contribution in [3.63, 3.8) is 0 Å². The Labute approximate surface area is 111 Å². The van der Waals surface area contributed by atoms with E-state index in [1.165, 1.54) is 4.68 Å². The maximum Gasteiger partial charge on any atom is 0.214 e. The van der Waals surface area contributed by atoms with Crippen LogP contribution in [0.4, 0.5) is 0 Å². The van der Waals surface area contributed by atoms with Gasteiger partial charge in [-0.05, 0) is 12.5 Å². The second-order valence-electron chi connectivity index (χ2n) is 4.22. The molecule has 2 radical (unpaired) electrons. The van der Waals surface area contributed by atoms with Crippen LogP contribution >= 0.6 is 0 Å². The van der Waals surface area contributed by atoms with Gasteiger partial charge < -0.3 is 0 Å². The van der Waals surface area contributed by atoms with Gasteiger partial charge in [-0.25, -0.2) is 4.68 Å². The quantitative estimate of drug-likeness (QED) is 0.690. The molecule has 1 aliphatic carbocycles. The third kappa shape index (κ3) is 1.64. The average Bonchev–Trinajstić information content (AvgIpc) is 2.85. The van der Waals surface area contributed by atoms with E-state index in [-0.39, 0.29) is 17.2 Å². The molecule has 19 heavy (non-hydrogen) atoms. The normalized spacial score (nSPS) is 16.2. The predicted molar refractivity (Wildman–Crippen MR) is 72.8 cm³/mol. The number of ketones is 1. The number of fused-ring (bicyclic) bond motifs is 1. The summed E-state index contributed by atoms with van der Waals surface area (Å²) in [6.45, 7) is 5.63. The van der Waals surface area contributed by atoms with E-state index in [9.17, 15) is 4.79 Å². The number of Topliss-reactive ketones (excluding diaryl/α,β-unsaturated/α-hetero) is 1. The minimum Gasteiger partial charge on any atom is -0.287 e. The monoisotopic (exact) mass is 248 g/mol. The third-order valence-corrected chi connectivity index (χ3v) is 3.02. The number of nitrogens with zero attached hydrogens (tertiary/aromatic N) is 4. The van der Waals surface area contributed by atoms with E-state index in [1.807, 2.05) is 18.2 Å². The van der Waals surface area contributed by atoms with Gasteiger partial charge in [-0.3, -0.25) is 4.79 Å². The molecule has 0 unspecified atom stereocenters. The Morgan fingerprint density at radius 3 is 2.53 bits per heavy atom. The summed E-state index contributed by atoms with van der Waals surface area (Å²) in [5, 5.41) is 11.7. The molecule has 0 aliphatic heterocycles. The summed E-state index contributed by atoms with van der Waals surface area (Å²) < 4.78 is 1.34. The molecule has 6 heteroatoms. The van der Waals surface area contributed by atoms with Crippen molar-refractivity contribution in [1.29, 1.82) is 0 Å². The summed E-state index contributed by atoms with van der Waals surface area (Å²) in [4.78, 5) is 12.3. The molecule has 0 bridgehead atoms. The van der Waals surface area contributed by atoms with Crippen molar-refractivity contribution in [2.24, 2.45) is 5.10 Å². The average molecular weight is 248 g/mol. The Morgan fingerprint density at radius 2 is 1.95 bits per heavy atom. The Bertz CT molecular complexity index is 688. The van der Waals surface area contributed by atoms with Crippen LogP contribution in [0.2, 0.25) is 0 Å². The van der Waals surface area contributed by atoms with E-state index in [1.54, 1.807) is 13.0 Å². The van der Waals surface area contributed by atoms with Crippen LogP contribution in [-0.4, -0.2) is 34.2 Å². The Morgan fingerprint density at radius 1 is 1.26 bits per heavy atom. The fourth-order valence-corrected chi connectivity index (χ4v) is 2.04. The lowest BCUT2D eigenvalue weighted by Gasteiger charge is -2.01. The summed E-state index contributed by atoms with van der Waals surface area (Å²) in [7, 11) is 5.66. The predicted octanol–water partition coefficient (Wildman–Crippen LogP) is 0.494. The van der Waals surface area contributed by atoms with Gasteiger partial charge in [0.25, 0.3) is 0 Å². The number of carbonyl (C=O) groups excluding carboxylic acids is 1. The molecule has 0 amide bonds. The van der Waals surface area contributed by atoms with Gasteiger partial charge in [0.15, 0.2) is 7.85 Å². The van der Waals surface area contributed by atoms with Crippen molar-refractivity contribution < 1.29 is 4.79 Å². The molecule has 0 atom stereocenters. The first-order valence-corrected chi connectivity index (χ1v) is 5.69. The molecule has 0 saturated heterocycles. The van der Waals surface area contributed by atoms with Gasteiger partial charge in [-0.2, -0.15) is 5.10 Å². The van der Waals surface area contributed by atoms with E-state index >= 15 is 0 Å². The maximum atomic E-state index is 12.3. The minimum atomic E-state index is -0.159. The molecular formula is C13H9BN4O. The number of carbonyl (C=O) groups is 1. The van der Waals surface area contributed by atoms with Crippen LogP contribution < -0.4 is 5.72 Å². The number of aromatic nitrogens is 3. The number of benzene rings is 1. The summed E-state index contributed by atoms with van der Waals surface area (Å²) in [6.07, 6.45) is 0. The van der Waals surface area contributed by atoms with Crippen molar-refractivity contribution >= 4 is 30.6 Å². The van der Waals surface area contributed by atoms with E-state index in [0.717, 1.165) is 5.56 Å². The Hall–Kier alpha value is -2.50. The zero-order valence-corrected chi connectivity index (χ0v) is 10.3. The fourth-order valence-electron chi connectivity index (χ4n) is 2.04. The van der Waals surface area contributed by atoms with Crippen LogP contribution in [0.5, 0.6) is 0 Å².